The lowest BCUT2D eigenvalue weighted by molar-refractivity contribution is -0.192. The lowest BCUT2D eigenvalue weighted by Gasteiger charge is -2.55. The van der Waals surface area contributed by atoms with Gasteiger partial charge in [0, 0.05) is 6.54 Å². The number of carbonyl (C=O) groups excluding carboxylic acids is 3. The van der Waals surface area contributed by atoms with Gasteiger partial charge in [0.15, 0.2) is 0 Å². The van der Waals surface area contributed by atoms with Crippen molar-refractivity contribution in [2.75, 3.05) is 19.6 Å². The highest BCUT2D eigenvalue weighted by Gasteiger charge is 2.52. The Balaban J connectivity index is 1.66. The van der Waals surface area contributed by atoms with E-state index in [1.54, 1.807) is 33.2 Å². The smallest absolute Gasteiger partial charge is 0.334 e. The largest absolute Gasteiger partial charge is 0.467 e. The number of piperazine rings is 1. The Morgan fingerprint density at radius 2 is 2.00 bits per heavy atom. The van der Waals surface area contributed by atoms with Crippen LogP contribution in [0.15, 0.2) is 53.1 Å². The van der Waals surface area contributed by atoms with Crippen LogP contribution in [0.3, 0.4) is 0 Å². The molecule has 0 radical (unpaired) electrons. The molecule has 0 aliphatic carbocycles. The van der Waals surface area contributed by atoms with Crippen LogP contribution in [-0.2, 0) is 22.7 Å². The van der Waals surface area contributed by atoms with E-state index in [1.165, 1.54) is 5.01 Å². The summed E-state index contributed by atoms with van der Waals surface area (Å²) in [5.41, 5.74) is 0.949. The highest BCUT2D eigenvalue weighted by atomic mass is 16.3. The molecule has 0 spiro atoms. The zero-order valence-electron chi connectivity index (χ0n) is 20.1. The van der Waals surface area contributed by atoms with E-state index in [-0.39, 0.29) is 49.9 Å². The maximum Gasteiger partial charge on any atom is 0.334 e. The fourth-order valence-corrected chi connectivity index (χ4v) is 4.72. The number of nitrogens with zero attached hydrogens (tertiary/aromatic N) is 4. The molecule has 4 rings (SSSR count). The van der Waals surface area contributed by atoms with E-state index >= 15 is 0 Å². The molecule has 1 aromatic heterocycles. The first-order valence-electron chi connectivity index (χ1n) is 11.9. The molecule has 3 atom stereocenters. The number of furan rings is 1. The van der Waals surface area contributed by atoms with Gasteiger partial charge in [-0.15, -0.1) is 6.42 Å². The molecule has 2 fully saturated rings. The van der Waals surface area contributed by atoms with Crippen molar-refractivity contribution in [3.8, 4) is 12.3 Å². The number of nitrogens with one attached hydrogen (secondary N) is 1. The quantitative estimate of drug-likeness (QED) is 0.618. The van der Waals surface area contributed by atoms with Crippen LogP contribution in [0.5, 0.6) is 0 Å². The predicted octanol–water partition coefficient (Wildman–Crippen LogP) is 2.27. The van der Waals surface area contributed by atoms with Gasteiger partial charge in [-0.05, 0) is 23.6 Å². The van der Waals surface area contributed by atoms with E-state index < -0.39 is 12.2 Å². The Labute approximate surface area is 205 Å². The number of hydrazine groups is 1. The van der Waals surface area contributed by atoms with Crippen molar-refractivity contribution in [3.63, 3.8) is 0 Å². The van der Waals surface area contributed by atoms with Crippen LogP contribution < -0.4 is 5.32 Å². The van der Waals surface area contributed by atoms with Gasteiger partial charge in [-0.3, -0.25) is 9.59 Å². The number of urea groups is 1. The minimum Gasteiger partial charge on any atom is -0.467 e. The fraction of sp³-hybridized carbons (Fsp3) is 0.423. The van der Waals surface area contributed by atoms with Crippen LogP contribution >= 0.6 is 0 Å². The molecule has 1 aromatic carbocycles. The van der Waals surface area contributed by atoms with Crippen molar-refractivity contribution in [3.05, 3.63) is 60.1 Å². The van der Waals surface area contributed by atoms with Crippen molar-refractivity contribution >= 4 is 17.8 Å². The van der Waals surface area contributed by atoms with Gasteiger partial charge < -0.3 is 19.5 Å². The van der Waals surface area contributed by atoms with Gasteiger partial charge in [-0.2, -0.15) is 5.01 Å². The monoisotopic (exact) mass is 477 g/mol. The van der Waals surface area contributed by atoms with Crippen molar-refractivity contribution in [2.24, 2.45) is 5.92 Å². The number of terminal acetylenes is 1. The molecule has 1 unspecified atom stereocenters. The predicted molar refractivity (Wildman–Crippen MR) is 129 cm³/mol. The van der Waals surface area contributed by atoms with E-state index in [1.807, 2.05) is 44.2 Å². The summed E-state index contributed by atoms with van der Waals surface area (Å²) in [6, 6.07) is 12.1. The third-order valence-corrected chi connectivity index (χ3v) is 6.64. The summed E-state index contributed by atoms with van der Waals surface area (Å²) in [5.74, 6) is 2.74. The molecule has 0 bridgehead atoms. The van der Waals surface area contributed by atoms with Crippen molar-refractivity contribution in [1.82, 2.24) is 25.1 Å². The Morgan fingerprint density at radius 1 is 1.23 bits per heavy atom. The number of amides is 4. The summed E-state index contributed by atoms with van der Waals surface area (Å²) in [4.78, 5) is 43.7. The third-order valence-electron chi connectivity index (χ3n) is 6.64. The molecular weight excluding hydrogens is 446 g/mol. The van der Waals surface area contributed by atoms with E-state index in [0.29, 0.717) is 18.7 Å². The average Bonchev–Trinajstić information content (AvgIpc) is 3.37. The van der Waals surface area contributed by atoms with Crippen LogP contribution in [0.25, 0.3) is 0 Å². The van der Waals surface area contributed by atoms with Gasteiger partial charge in [0.1, 0.15) is 18.0 Å². The van der Waals surface area contributed by atoms with Crippen molar-refractivity contribution < 1.29 is 18.8 Å². The van der Waals surface area contributed by atoms with Crippen molar-refractivity contribution in [1.29, 1.82) is 0 Å². The van der Waals surface area contributed by atoms with Gasteiger partial charge in [-0.25, -0.2) is 9.80 Å². The highest BCUT2D eigenvalue weighted by Crippen LogP contribution is 2.31. The first-order chi connectivity index (χ1) is 16.9. The summed E-state index contributed by atoms with van der Waals surface area (Å²) in [6.07, 6.45) is 7.16. The normalized spacial score (nSPS) is 21.5. The molecular formula is C26H31N5O4. The minimum atomic E-state index is -0.688. The maximum absolute atomic E-state index is 13.6. The molecule has 9 heteroatoms. The molecule has 2 aliphatic rings. The van der Waals surface area contributed by atoms with Gasteiger partial charge >= 0.3 is 6.03 Å². The minimum absolute atomic E-state index is 0.0716. The van der Waals surface area contributed by atoms with Gasteiger partial charge in [0.2, 0.25) is 11.8 Å². The summed E-state index contributed by atoms with van der Waals surface area (Å²) in [5, 5.41) is 6.05. The Kier molecular flexibility index (Phi) is 7.42. The molecule has 0 saturated carbocycles. The lowest BCUT2D eigenvalue weighted by Crippen LogP contribution is -2.77. The molecule has 9 nitrogen and oxygen atoms in total. The van der Waals surface area contributed by atoms with Gasteiger partial charge in [-0.1, -0.05) is 56.5 Å². The second kappa shape index (κ2) is 10.7. The van der Waals surface area contributed by atoms with E-state index in [4.69, 9.17) is 10.8 Å². The lowest BCUT2D eigenvalue weighted by atomic mass is 9.92. The van der Waals surface area contributed by atoms with Crippen LogP contribution in [0, 0.1) is 18.3 Å². The summed E-state index contributed by atoms with van der Waals surface area (Å²) in [7, 11) is 0. The van der Waals surface area contributed by atoms with Gasteiger partial charge in [0.05, 0.1) is 32.4 Å². The molecule has 3 heterocycles. The number of carbonyl (C=O) groups is 3. The summed E-state index contributed by atoms with van der Waals surface area (Å²) >= 11 is 0. The molecule has 4 amide bonds. The SMILES string of the molecule is C#CCN1CC(=O)N2[C@@H](C(C)CC)C(=O)N(Cc3ccco3)C[C@@H]2N1C(=O)NCc1ccccc1. The second-order valence-electron chi connectivity index (χ2n) is 8.93. The van der Waals surface area contributed by atoms with Crippen LogP contribution in [0.1, 0.15) is 31.6 Å². The summed E-state index contributed by atoms with van der Waals surface area (Å²) < 4.78 is 5.48. The van der Waals surface area contributed by atoms with Crippen molar-refractivity contribution in [2.45, 2.75) is 45.6 Å². The second-order valence-corrected chi connectivity index (χ2v) is 8.93. The van der Waals surface area contributed by atoms with Crippen LogP contribution in [0.2, 0.25) is 0 Å². The number of fused-ring (bicyclic) bond motifs is 1. The highest BCUT2D eigenvalue weighted by molar-refractivity contribution is 5.91. The Morgan fingerprint density at radius 3 is 2.66 bits per heavy atom. The third kappa shape index (κ3) is 5.03. The number of hydrogen-bond acceptors (Lipinski definition) is 5. The average molecular weight is 478 g/mol. The first-order valence-corrected chi connectivity index (χ1v) is 11.9. The topological polar surface area (TPSA) is 89.3 Å². The fourth-order valence-electron chi connectivity index (χ4n) is 4.72. The van der Waals surface area contributed by atoms with E-state index in [0.717, 1.165) is 5.56 Å². The Hall–Kier alpha value is -3.77. The molecule has 2 aromatic rings. The standard InChI is InChI=1S/C26H31N5O4/c1-4-13-29-18-23(32)30-22(31(29)26(34)27-15-20-10-7-6-8-11-20)17-28(16-21-12-9-14-35-21)25(33)24(30)19(3)5-2/h1,6-12,14,19,22,24H,5,13,15-18H2,2-3H3,(H,27,34)/t19?,22-,24-/m0/s1. The molecule has 35 heavy (non-hydrogen) atoms. The van der Waals surface area contributed by atoms with Crippen LogP contribution in [-0.4, -0.2) is 69.5 Å². The number of benzene rings is 1. The first kappa shape index (κ1) is 24.4. The maximum atomic E-state index is 13.6. The van der Waals surface area contributed by atoms with Gasteiger partial charge in [0.25, 0.3) is 0 Å². The van der Waals surface area contributed by atoms with E-state index in [9.17, 15) is 14.4 Å². The molecule has 2 saturated heterocycles. The molecule has 2 aliphatic heterocycles. The van der Waals surface area contributed by atoms with E-state index in [2.05, 4.69) is 11.2 Å². The molecule has 1 N–H and O–H groups in total. The Bertz CT molecular complexity index is 1080. The zero-order chi connectivity index (χ0) is 24.9. The van der Waals surface area contributed by atoms with Crippen LogP contribution in [0.4, 0.5) is 4.79 Å². The number of hydrogen-bond donors (Lipinski definition) is 1. The zero-order valence-corrected chi connectivity index (χ0v) is 20.1. The molecule has 184 valence electrons. The number of rotatable bonds is 7. The summed E-state index contributed by atoms with van der Waals surface area (Å²) in [6.45, 7) is 4.69.